The predicted molar refractivity (Wildman–Crippen MR) is 111 cm³/mol. The number of ether oxygens (including phenoxy) is 2. The van der Waals surface area contributed by atoms with Gasteiger partial charge in [0, 0.05) is 37.0 Å². The van der Waals surface area contributed by atoms with E-state index in [0.29, 0.717) is 68.8 Å². The first-order chi connectivity index (χ1) is 14.1. The summed E-state index contributed by atoms with van der Waals surface area (Å²) >= 11 is 6.18. The van der Waals surface area contributed by atoms with Crippen molar-refractivity contribution in [3.05, 3.63) is 58.9 Å². The number of amides is 1. The average molecular weight is 419 g/mol. The Morgan fingerprint density at radius 1 is 1.03 bits per heavy atom. The van der Waals surface area contributed by atoms with Gasteiger partial charge in [0.1, 0.15) is 5.82 Å². The molecule has 1 N–H and O–H groups in total. The molecule has 7 heteroatoms. The summed E-state index contributed by atoms with van der Waals surface area (Å²) in [7, 11) is 0. The van der Waals surface area contributed by atoms with Crippen LogP contribution in [0.2, 0.25) is 5.02 Å². The number of carbonyl (C=O) groups is 1. The van der Waals surface area contributed by atoms with Crippen LogP contribution in [-0.4, -0.2) is 45.4 Å². The highest BCUT2D eigenvalue weighted by molar-refractivity contribution is 6.30. The second-order valence-electron chi connectivity index (χ2n) is 7.42. The van der Waals surface area contributed by atoms with Gasteiger partial charge in [-0.3, -0.25) is 4.79 Å². The Labute approximate surface area is 174 Å². The van der Waals surface area contributed by atoms with Crippen LogP contribution in [0, 0.1) is 5.82 Å². The maximum absolute atomic E-state index is 14.7. The van der Waals surface area contributed by atoms with E-state index in [4.69, 9.17) is 21.1 Å². The van der Waals surface area contributed by atoms with Crippen LogP contribution in [0.1, 0.15) is 18.4 Å². The molecule has 2 aliphatic rings. The molecule has 4 rings (SSSR count). The van der Waals surface area contributed by atoms with Gasteiger partial charge in [-0.25, -0.2) is 4.39 Å². The van der Waals surface area contributed by atoms with Crippen LogP contribution in [0.3, 0.4) is 0 Å². The molecule has 2 saturated heterocycles. The highest BCUT2D eigenvalue weighted by atomic mass is 35.5. The van der Waals surface area contributed by atoms with Crippen molar-refractivity contribution in [2.45, 2.75) is 18.3 Å². The SMILES string of the molecule is O=C(Nc1ccc(N2CCOCC2)c(F)c1)C1(c2cccc(Cl)c2)CCOCC1. The first kappa shape index (κ1) is 20.1. The van der Waals surface area contributed by atoms with Crippen molar-refractivity contribution < 1.29 is 18.7 Å². The Bertz CT molecular complexity index is 880. The number of anilines is 2. The monoisotopic (exact) mass is 418 g/mol. The van der Waals surface area contributed by atoms with E-state index in [9.17, 15) is 9.18 Å². The zero-order valence-corrected chi connectivity index (χ0v) is 16.9. The summed E-state index contributed by atoms with van der Waals surface area (Å²) in [6, 6.07) is 12.2. The molecule has 1 amide bonds. The molecule has 2 fully saturated rings. The molecular weight excluding hydrogens is 395 g/mol. The van der Waals surface area contributed by atoms with E-state index in [1.807, 2.05) is 23.1 Å². The third kappa shape index (κ3) is 4.25. The molecule has 0 saturated carbocycles. The van der Waals surface area contributed by atoms with E-state index in [-0.39, 0.29) is 11.7 Å². The molecule has 5 nitrogen and oxygen atoms in total. The third-order valence-electron chi connectivity index (χ3n) is 5.72. The molecule has 0 atom stereocenters. The summed E-state index contributed by atoms with van der Waals surface area (Å²) in [5, 5.41) is 3.51. The van der Waals surface area contributed by atoms with E-state index >= 15 is 0 Å². The quantitative estimate of drug-likeness (QED) is 0.815. The summed E-state index contributed by atoms with van der Waals surface area (Å²) in [4.78, 5) is 15.3. The number of benzene rings is 2. The normalized spacial score (nSPS) is 19.0. The minimum absolute atomic E-state index is 0.165. The molecule has 2 heterocycles. The molecule has 0 aliphatic carbocycles. The van der Waals surface area contributed by atoms with E-state index < -0.39 is 5.41 Å². The second kappa shape index (κ2) is 8.69. The van der Waals surface area contributed by atoms with E-state index in [1.165, 1.54) is 6.07 Å². The standard InChI is InChI=1S/C22H24ClFN2O3/c23-17-3-1-2-16(14-17)22(6-10-28-11-7-22)21(27)25-18-4-5-20(19(24)15-18)26-8-12-29-13-9-26/h1-5,14-15H,6-13H2,(H,25,27). The molecule has 29 heavy (non-hydrogen) atoms. The number of halogens is 2. The Morgan fingerprint density at radius 2 is 1.76 bits per heavy atom. The first-order valence-electron chi connectivity index (χ1n) is 9.86. The number of hydrogen-bond acceptors (Lipinski definition) is 4. The maximum Gasteiger partial charge on any atom is 0.235 e. The summed E-state index contributed by atoms with van der Waals surface area (Å²) in [6.45, 7) is 3.46. The van der Waals surface area contributed by atoms with Crippen LogP contribution in [-0.2, 0) is 19.7 Å². The fourth-order valence-corrected chi connectivity index (χ4v) is 4.24. The lowest BCUT2D eigenvalue weighted by Gasteiger charge is -2.36. The van der Waals surface area contributed by atoms with Crippen LogP contribution in [0.25, 0.3) is 0 Å². The third-order valence-corrected chi connectivity index (χ3v) is 5.95. The van der Waals surface area contributed by atoms with E-state index in [1.54, 1.807) is 18.2 Å². The van der Waals surface area contributed by atoms with Crippen molar-refractivity contribution in [1.82, 2.24) is 0 Å². The predicted octanol–water partition coefficient (Wildman–Crippen LogP) is 4.00. The fourth-order valence-electron chi connectivity index (χ4n) is 4.05. The molecule has 2 aliphatic heterocycles. The smallest absolute Gasteiger partial charge is 0.235 e. The van der Waals surface area contributed by atoms with Gasteiger partial charge in [0.05, 0.1) is 24.3 Å². The van der Waals surface area contributed by atoms with Crippen molar-refractivity contribution in [1.29, 1.82) is 0 Å². The topological polar surface area (TPSA) is 50.8 Å². The van der Waals surface area contributed by atoms with Crippen molar-refractivity contribution >= 4 is 28.9 Å². The van der Waals surface area contributed by atoms with Crippen LogP contribution in [0.4, 0.5) is 15.8 Å². The molecule has 2 aromatic carbocycles. The number of hydrogen-bond donors (Lipinski definition) is 1. The summed E-state index contributed by atoms with van der Waals surface area (Å²) in [5.41, 5.74) is 1.08. The van der Waals surface area contributed by atoms with Gasteiger partial charge in [-0.2, -0.15) is 0 Å². The zero-order valence-electron chi connectivity index (χ0n) is 16.1. The molecule has 0 aromatic heterocycles. The van der Waals surface area contributed by atoms with Crippen LogP contribution in [0.5, 0.6) is 0 Å². The van der Waals surface area contributed by atoms with E-state index in [2.05, 4.69) is 5.32 Å². The minimum atomic E-state index is -0.748. The van der Waals surface area contributed by atoms with Crippen LogP contribution < -0.4 is 10.2 Å². The van der Waals surface area contributed by atoms with E-state index in [0.717, 1.165) is 5.56 Å². The Morgan fingerprint density at radius 3 is 2.45 bits per heavy atom. The number of rotatable bonds is 4. The number of nitrogens with zero attached hydrogens (tertiary/aromatic N) is 1. The lowest BCUT2D eigenvalue weighted by atomic mass is 9.73. The lowest BCUT2D eigenvalue weighted by molar-refractivity contribution is -0.125. The van der Waals surface area contributed by atoms with Gasteiger partial charge in [-0.15, -0.1) is 0 Å². The van der Waals surface area contributed by atoms with Crippen molar-refractivity contribution in [3.8, 4) is 0 Å². The number of morpholine rings is 1. The van der Waals surface area contributed by atoms with Gasteiger partial charge in [0.2, 0.25) is 5.91 Å². The number of nitrogens with one attached hydrogen (secondary N) is 1. The molecule has 0 unspecified atom stereocenters. The van der Waals surface area contributed by atoms with Gasteiger partial charge >= 0.3 is 0 Å². The molecule has 2 aromatic rings. The van der Waals surface area contributed by atoms with Crippen LogP contribution in [0.15, 0.2) is 42.5 Å². The maximum atomic E-state index is 14.7. The molecule has 0 spiro atoms. The van der Waals surface area contributed by atoms with Crippen molar-refractivity contribution in [2.24, 2.45) is 0 Å². The summed E-state index contributed by atoms with van der Waals surface area (Å²) in [6.07, 6.45) is 1.10. The van der Waals surface area contributed by atoms with Gasteiger partial charge < -0.3 is 19.7 Å². The molecule has 0 radical (unpaired) electrons. The highest BCUT2D eigenvalue weighted by Crippen LogP contribution is 2.37. The fraction of sp³-hybridized carbons (Fsp3) is 0.409. The van der Waals surface area contributed by atoms with Crippen LogP contribution >= 0.6 is 11.6 Å². The minimum Gasteiger partial charge on any atom is -0.381 e. The zero-order chi connectivity index (χ0) is 20.3. The number of carbonyl (C=O) groups excluding carboxylic acids is 1. The Balaban J connectivity index is 1.57. The highest BCUT2D eigenvalue weighted by Gasteiger charge is 2.42. The Hall–Kier alpha value is -2.15. The first-order valence-corrected chi connectivity index (χ1v) is 10.2. The van der Waals surface area contributed by atoms with Crippen molar-refractivity contribution in [3.63, 3.8) is 0 Å². The largest absolute Gasteiger partial charge is 0.381 e. The lowest BCUT2D eigenvalue weighted by Crippen LogP contribution is -2.44. The van der Waals surface area contributed by atoms with Gasteiger partial charge in [0.15, 0.2) is 0 Å². The average Bonchev–Trinajstić information content (AvgIpc) is 2.75. The Kier molecular flexibility index (Phi) is 6.04. The van der Waals surface area contributed by atoms with Gasteiger partial charge in [-0.1, -0.05) is 23.7 Å². The second-order valence-corrected chi connectivity index (χ2v) is 7.86. The summed E-state index contributed by atoms with van der Waals surface area (Å²) in [5.74, 6) is -0.518. The van der Waals surface area contributed by atoms with Gasteiger partial charge in [-0.05, 0) is 48.7 Å². The van der Waals surface area contributed by atoms with Crippen molar-refractivity contribution in [2.75, 3.05) is 49.7 Å². The summed E-state index contributed by atoms with van der Waals surface area (Å²) < 4.78 is 25.5. The molecular formula is C22H24ClFN2O3. The molecule has 0 bridgehead atoms. The van der Waals surface area contributed by atoms with Gasteiger partial charge in [0.25, 0.3) is 0 Å². The molecule has 154 valence electrons.